The van der Waals surface area contributed by atoms with Crippen LogP contribution in [0.25, 0.3) is 10.2 Å². The van der Waals surface area contributed by atoms with E-state index in [4.69, 9.17) is 10.2 Å². The molecule has 3 aromatic rings. The highest BCUT2D eigenvalue weighted by Crippen LogP contribution is 2.30. The van der Waals surface area contributed by atoms with Gasteiger partial charge in [-0.1, -0.05) is 17.4 Å². The molecule has 0 saturated carbocycles. The van der Waals surface area contributed by atoms with Gasteiger partial charge in [-0.05, 0) is 48.9 Å². The van der Waals surface area contributed by atoms with Gasteiger partial charge in [0.25, 0.3) is 5.91 Å². The third-order valence-corrected chi connectivity index (χ3v) is 5.71. The van der Waals surface area contributed by atoms with E-state index in [9.17, 15) is 4.79 Å². The number of nitrogens with zero attached hydrogens (tertiary/aromatic N) is 4. The second kappa shape index (κ2) is 6.77. The highest BCUT2D eigenvalue weighted by Gasteiger charge is 2.24. The maximum Gasteiger partial charge on any atom is 0.253 e. The first-order valence-electron chi connectivity index (χ1n) is 8.55. The summed E-state index contributed by atoms with van der Waals surface area (Å²) in [4.78, 5) is 21.5. The average molecular weight is 362 g/mol. The number of carbonyl (C=O) groups excluding carboxylic acids is 1. The number of hydrogen-bond donors (Lipinski definition) is 0. The number of piperazine rings is 1. The molecule has 4 rings (SSSR count). The van der Waals surface area contributed by atoms with Crippen LogP contribution in [0.3, 0.4) is 0 Å². The van der Waals surface area contributed by atoms with E-state index in [0.29, 0.717) is 24.2 Å². The molecular weight excluding hydrogens is 344 g/mol. The number of nitriles is 1. The molecule has 5 nitrogen and oxygen atoms in total. The number of aromatic nitrogens is 1. The average Bonchev–Trinajstić information content (AvgIpc) is 3.11. The number of thiazole rings is 1. The summed E-state index contributed by atoms with van der Waals surface area (Å²) < 4.78 is 1.20. The van der Waals surface area contributed by atoms with E-state index in [-0.39, 0.29) is 5.91 Å². The molecule has 1 saturated heterocycles. The summed E-state index contributed by atoms with van der Waals surface area (Å²) in [5.74, 6) is 0.0223. The number of rotatable bonds is 2. The molecule has 0 radical (unpaired) electrons. The third kappa shape index (κ3) is 3.14. The van der Waals surface area contributed by atoms with Crippen molar-refractivity contribution in [1.82, 2.24) is 9.88 Å². The summed E-state index contributed by atoms with van der Waals surface area (Å²) in [5.41, 5.74) is 3.47. The van der Waals surface area contributed by atoms with E-state index in [0.717, 1.165) is 23.7 Å². The minimum Gasteiger partial charge on any atom is -0.345 e. The monoisotopic (exact) mass is 362 g/mol. The lowest BCUT2D eigenvalue weighted by Crippen LogP contribution is -2.48. The van der Waals surface area contributed by atoms with Gasteiger partial charge >= 0.3 is 0 Å². The Bertz CT molecular complexity index is 995. The first-order chi connectivity index (χ1) is 12.6. The van der Waals surface area contributed by atoms with Crippen LogP contribution in [0.2, 0.25) is 0 Å². The zero-order valence-corrected chi connectivity index (χ0v) is 15.3. The lowest BCUT2D eigenvalue weighted by atomic mass is 10.1. The molecule has 0 unspecified atom stereocenters. The molecule has 2 aromatic carbocycles. The number of fused-ring (bicyclic) bond motifs is 1. The Kier molecular flexibility index (Phi) is 4.31. The molecule has 1 aliphatic heterocycles. The van der Waals surface area contributed by atoms with Crippen LogP contribution in [-0.2, 0) is 0 Å². The van der Waals surface area contributed by atoms with Crippen LogP contribution in [0.4, 0.5) is 5.13 Å². The third-order valence-electron chi connectivity index (χ3n) is 4.63. The second-order valence-electron chi connectivity index (χ2n) is 6.44. The summed E-state index contributed by atoms with van der Waals surface area (Å²) in [5, 5.41) is 9.89. The normalized spacial score (nSPS) is 14.5. The highest BCUT2D eigenvalue weighted by molar-refractivity contribution is 7.22. The molecule has 0 spiro atoms. The number of aryl methyl sites for hydroxylation is 1. The van der Waals surface area contributed by atoms with Crippen LogP contribution in [0, 0.1) is 18.3 Å². The van der Waals surface area contributed by atoms with Crippen molar-refractivity contribution >= 4 is 32.6 Å². The van der Waals surface area contributed by atoms with Gasteiger partial charge in [0, 0.05) is 31.7 Å². The molecule has 1 fully saturated rings. The number of amides is 1. The smallest absolute Gasteiger partial charge is 0.253 e. The Balaban J connectivity index is 1.44. The van der Waals surface area contributed by atoms with Crippen molar-refractivity contribution in [3.05, 3.63) is 59.2 Å². The zero-order chi connectivity index (χ0) is 18.1. The van der Waals surface area contributed by atoms with Crippen LogP contribution in [0.15, 0.2) is 42.5 Å². The molecule has 1 aliphatic rings. The number of hydrogen-bond acceptors (Lipinski definition) is 5. The van der Waals surface area contributed by atoms with E-state index >= 15 is 0 Å². The molecule has 0 bridgehead atoms. The molecule has 130 valence electrons. The largest absolute Gasteiger partial charge is 0.345 e. The predicted molar refractivity (Wildman–Crippen MR) is 104 cm³/mol. The van der Waals surface area contributed by atoms with Gasteiger partial charge in [-0.3, -0.25) is 4.79 Å². The number of carbonyl (C=O) groups is 1. The number of benzene rings is 2. The van der Waals surface area contributed by atoms with E-state index < -0.39 is 0 Å². The van der Waals surface area contributed by atoms with Gasteiger partial charge < -0.3 is 9.80 Å². The predicted octanol–water partition coefficient (Wildman–Crippen LogP) is 3.44. The van der Waals surface area contributed by atoms with Gasteiger partial charge in [0.1, 0.15) is 0 Å². The minimum atomic E-state index is 0.0223. The summed E-state index contributed by atoms with van der Waals surface area (Å²) in [6.45, 7) is 5.00. The van der Waals surface area contributed by atoms with Crippen molar-refractivity contribution in [3.8, 4) is 6.07 Å². The Hall–Kier alpha value is -2.91. The molecule has 0 N–H and O–H groups in total. The van der Waals surface area contributed by atoms with Gasteiger partial charge in [0.15, 0.2) is 5.13 Å². The fourth-order valence-corrected chi connectivity index (χ4v) is 4.24. The van der Waals surface area contributed by atoms with Crippen molar-refractivity contribution in [2.24, 2.45) is 0 Å². The lowest BCUT2D eigenvalue weighted by molar-refractivity contribution is 0.0747. The van der Waals surface area contributed by atoms with Crippen molar-refractivity contribution in [1.29, 1.82) is 5.26 Å². The Morgan fingerprint density at radius 2 is 1.85 bits per heavy atom. The summed E-state index contributed by atoms with van der Waals surface area (Å²) in [6.07, 6.45) is 0. The molecular formula is C20H18N4OS. The van der Waals surface area contributed by atoms with Crippen molar-refractivity contribution < 1.29 is 4.79 Å². The SMILES string of the molecule is Cc1ccc2nc(N3CCN(C(=O)c4ccc(C#N)cc4)CC3)sc2c1. The molecule has 0 aliphatic carbocycles. The Morgan fingerprint density at radius 3 is 2.54 bits per heavy atom. The second-order valence-corrected chi connectivity index (χ2v) is 7.45. The van der Waals surface area contributed by atoms with Gasteiger partial charge in [0.2, 0.25) is 0 Å². The van der Waals surface area contributed by atoms with E-state index in [2.05, 4.69) is 36.1 Å². The van der Waals surface area contributed by atoms with Crippen molar-refractivity contribution in [2.75, 3.05) is 31.1 Å². The summed E-state index contributed by atoms with van der Waals surface area (Å²) >= 11 is 1.71. The van der Waals surface area contributed by atoms with Crippen molar-refractivity contribution in [3.63, 3.8) is 0 Å². The van der Waals surface area contributed by atoms with Crippen LogP contribution in [-0.4, -0.2) is 42.0 Å². The van der Waals surface area contributed by atoms with E-state index in [1.165, 1.54) is 10.3 Å². The van der Waals surface area contributed by atoms with E-state index in [1.54, 1.807) is 35.6 Å². The van der Waals surface area contributed by atoms with Gasteiger partial charge in [-0.25, -0.2) is 4.98 Å². The minimum absolute atomic E-state index is 0.0223. The fraction of sp³-hybridized carbons (Fsp3) is 0.250. The fourth-order valence-electron chi connectivity index (χ4n) is 3.13. The first kappa shape index (κ1) is 16.6. The van der Waals surface area contributed by atoms with Gasteiger partial charge in [-0.15, -0.1) is 0 Å². The van der Waals surface area contributed by atoms with Crippen molar-refractivity contribution in [2.45, 2.75) is 6.92 Å². The number of anilines is 1. The maximum atomic E-state index is 12.6. The summed E-state index contributed by atoms with van der Waals surface area (Å²) in [6, 6.07) is 15.2. The topological polar surface area (TPSA) is 60.2 Å². The molecule has 0 atom stereocenters. The van der Waals surface area contributed by atoms with Crippen LogP contribution >= 0.6 is 11.3 Å². The maximum absolute atomic E-state index is 12.6. The highest BCUT2D eigenvalue weighted by atomic mass is 32.1. The van der Waals surface area contributed by atoms with Gasteiger partial charge in [0.05, 0.1) is 21.8 Å². The Morgan fingerprint density at radius 1 is 1.12 bits per heavy atom. The van der Waals surface area contributed by atoms with Crippen LogP contribution < -0.4 is 4.90 Å². The lowest BCUT2D eigenvalue weighted by Gasteiger charge is -2.34. The molecule has 1 amide bonds. The standard InChI is InChI=1S/C20H18N4OS/c1-14-2-7-17-18(12-14)26-20(22-17)24-10-8-23(9-11-24)19(25)16-5-3-15(13-21)4-6-16/h2-7,12H,8-11H2,1H3. The zero-order valence-electron chi connectivity index (χ0n) is 14.5. The van der Waals surface area contributed by atoms with Crippen LogP contribution in [0.5, 0.6) is 0 Å². The molecule has 26 heavy (non-hydrogen) atoms. The molecule has 2 heterocycles. The first-order valence-corrected chi connectivity index (χ1v) is 9.37. The quantitative estimate of drug-likeness (QED) is 0.701. The van der Waals surface area contributed by atoms with E-state index in [1.807, 2.05) is 4.90 Å². The van der Waals surface area contributed by atoms with Gasteiger partial charge in [-0.2, -0.15) is 5.26 Å². The molecule has 1 aromatic heterocycles. The summed E-state index contributed by atoms with van der Waals surface area (Å²) in [7, 11) is 0. The Labute approximate surface area is 156 Å². The molecule has 6 heteroatoms. The van der Waals surface area contributed by atoms with Crippen LogP contribution in [0.1, 0.15) is 21.5 Å².